The van der Waals surface area contributed by atoms with Crippen molar-refractivity contribution in [3.05, 3.63) is 59.1 Å². The van der Waals surface area contributed by atoms with E-state index in [0.29, 0.717) is 5.82 Å². The van der Waals surface area contributed by atoms with Crippen molar-refractivity contribution < 1.29 is 0 Å². The van der Waals surface area contributed by atoms with Gasteiger partial charge in [0, 0.05) is 36.6 Å². The number of aryl methyl sites for hydroxylation is 2. The first kappa shape index (κ1) is 15.7. The number of rotatable bonds is 4. The third-order valence-electron chi connectivity index (χ3n) is 4.07. The fourth-order valence-corrected chi connectivity index (χ4v) is 3.57. The Morgan fingerprint density at radius 3 is 2.84 bits per heavy atom. The monoisotopic (exact) mass is 350 g/mol. The van der Waals surface area contributed by atoms with E-state index in [1.807, 2.05) is 45.2 Å². The van der Waals surface area contributed by atoms with Crippen molar-refractivity contribution in [1.29, 1.82) is 0 Å². The molecule has 0 radical (unpaired) electrons. The highest BCUT2D eigenvalue weighted by Crippen LogP contribution is 2.22. The molecular weight excluding hydrogens is 332 g/mol. The van der Waals surface area contributed by atoms with Gasteiger partial charge in [0.2, 0.25) is 0 Å². The van der Waals surface area contributed by atoms with Gasteiger partial charge >= 0.3 is 0 Å². The molecular formula is C18H18N6S. The first-order valence-corrected chi connectivity index (χ1v) is 8.89. The van der Waals surface area contributed by atoms with Crippen molar-refractivity contribution in [2.45, 2.75) is 20.4 Å². The van der Waals surface area contributed by atoms with Gasteiger partial charge in [0.25, 0.3) is 0 Å². The Labute approximate surface area is 149 Å². The molecule has 6 nitrogen and oxygen atoms in total. The van der Waals surface area contributed by atoms with Crippen LogP contribution in [0.2, 0.25) is 0 Å². The second kappa shape index (κ2) is 6.25. The molecule has 4 rings (SSSR count). The zero-order chi connectivity index (χ0) is 17.4. The van der Waals surface area contributed by atoms with E-state index in [4.69, 9.17) is 4.98 Å². The minimum absolute atomic E-state index is 0.646. The molecule has 7 heteroatoms. The second-order valence-corrected chi connectivity index (χ2v) is 6.83. The van der Waals surface area contributed by atoms with Gasteiger partial charge in [-0.25, -0.2) is 15.0 Å². The molecule has 4 aromatic rings. The van der Waals surface area contributed by atoms with E-state index in [2.05, 4.69) is 35.8 Å². The lowest BCUT2D eigenvalue weighted by molar-refractivity contribution is 0.841. The number of anilines is 1. The number of fused-ring (bicyclic) bond motifs is 1. The van der Waals surface area contributed by atoms with Gasteiger partial charge in [0.15, 0.2) is 10.8 Å². The fourth-order valence-electron chi connectivity index (χ4n) is 2.79. The van der Waals surface area contributed by atoms with Crippen molar-refractivity contribution in [1.82, 2.24) is 24.3 Å². The summed E-state index contributed by atoms with van der Waals surface area (Å²) in [5.41, 5.74) is 3.92. The van der Waals surface area contributed by atoms with E-state index >= 15 is 0 Å². The predicted molar refractivity (Wildman–Crippen MR) is 99.9 cm³/mol. The molecule has 0 saturated heterocycles. The second-order valence-electron chi connectivity index (χ2n) is 5.96. The summed E-state index contributed by atoms with van der Waals surface area (Å²) in [5.74, 6) is 1.52. The summed E-state index contributed by atoms with van der Waals surface area (Å²) < 4.78 is 2.14. The van der Waals surface area contributed by atoms with E-state index in [9.17, 15) is 0 Å². The molecule has 0 amide bonds. The zero-order valence-corrected chi connectivity index (χ0v) is 15.2. The Bertz CT molecular complexity index is 1020. The van der Waals surface area contributed by atoms with Gasteiger partial charge in [-0.15, -0.1) is 11.3 Å². The largest absolute Gasteiger partial charge is 0.354 e. The summed E-state index contributed by atoms with van der Waals surface area (Å²) in [4.78, 5) is 21.3. The molecule has 0 bridgehead atoms. The van der Waals surface area contributed by atoms with Crippen LogP contribution >= 0.6 is 11.3 Å². The number of nitrogens with zero attached hydrogens (tertiary/aromatic N) is 6. The van der Waals surface area contributed by atoms with Gasteiger partial charge in [0.05, 0.1) is 17.9 Å². The minimum atomic E-state index is 0.646. The standard InChI is InChI=1S/C18H18N6S/c1-12-10-16(22-17(20-12)14-6-4-5-7-19-14)23(3)11-15-13(2)21-18-24(15)8-9-25-18/h4-10H,11H2,1-3H3. The van der Waals surface area contributed by atoms with Crippen LogP contribution in [0.25, 0.3) is 16.5 Å². The molecule has 0 saturated carbocycles. The van der Waals surface area contributed by atoms with E-state index in [-0.39, 0.29) is 0 Å². The van der Waals surface area contributed by atoms with Gasteiger partial charge in [-0.2, -0.15) is 0 Å². The third kappa shape index (κ3) is 2.98. The molecule has 0 aliphatic heterocycles. The molecule has 0 atom stereocenters. The summed E-state index contributed by atoms with van der Waals surface area (Å²) in [6, 6.07) is 7.75. The van der Waals surface area contributed by atoms with Crippen molar-refractivity contribution in [3.8, 4) is 11.5 Å². The van der Waals surface area contributed by atoms with Crippen LogP contribution in [0.3, 0.4) is 0 Å². The first-order valence-electron chi connectivity index (χ1n) is 8.01. The van der Waals surface area contributed by atoms with Crippen LogP contribution in [-0.2, 0) is 6.54 Å². The predicted octanol–water partition coefficient (Wildman–Crippen LogP) is 3.50. The summed E-state index contributed by atoms with van der Waals surface area (Å²) in [6.45, 7) is 4.75. The van der Waals surface area contributed by atoms with E-state index < -0.39 is 0 Å². The van der Waals surface area contributed by atoms with Crippen LogP contribution in [-0.4, -0.2) is 31.4 Å². The molecule has 0 aromatic carbocycles. The summed E-state index contributed by atoms with van der Waals surface area (Å²) >= 11 is 1.65. The Balaban J connectivity index is 1.68. The van der Waals surface area contributed by atoms with Crippen molar-refractivity contribution >= 4 is 22.1 Å². The van der Waals surface area contributed by atoms with Crippen LogP contribution in [0.15, 0.2) is 42.0 Å². The van der Waals surface area contributed by atoms with Gasteiger partial charge in [0.1, 0.15) is 11.5 Å². The number of imidazole rings is 1. The topological polar surface area (TPSA) is 59.2 Å². The lowest BCUT2D eigenvalue weighted by atomic mass is 10.3. The average Bonchev–Trinajstić information content (AvgIpc) is 3.17. The van der Waals surface area contributed by atoms with Crippen LogP contribution in [0, 0.1) is 13.8 Å². The van der Waals surface area contributed by atoms with Gasteiger partial charge in [-0.05, 0) is 26.0 Å². The maximum Gasteiger partial charge on any atom is 0.194 e. The van der Waals surface area contributed by atoms with Crippen LogP contribution in [0.5, 0.6) is 0 Å². The third-order valence-corrected chi connectivity index (χ3v) is 4.83. The normalized spacial score (nSPS) is 11.2. The fraction of sp³-hybridized carbons (Fsp3) is 0.222. The number of thiazole rings is 1. The first-order chi connectivity index (χ1) is 12.1. The highest BCUT2D eigenvalue weighted by Gasteiger charge is 2.14. The maximum absolute atomic E-state index is 4.71. The quantitative estimate of drug-likeness (QED) is 0.564. The Hall–Kier alpha value is -2.80. The van der Waals surface area contributed by atoms with E-state index in [1.54, 1.807) is 17.5 Å². The van der Waals surface area contributed by atoms with Crippen LogP contribution in [0.1, 0.15) is 17.1 Å². The maximum atomic E-state index is 4.71. The molecule has 0 spiro atoms. The number of pyridine rings is 1. The van der Waals surface area contributed by atoms with Crippen molar-refractivity contribution in [2.24, 2.45) is 0 Å². The number of hydrogen-bond donors (Lipinski definition) is 0. The molecule has 0 aliphatic carbocycles. The lowest BCUT2D eigenvalue weighted by Crippen LogP contribution is -2.20. The lowest BCUT2D eigenvalue weighted by Gasteiger charge is -2.19. The molecule has 0 unspecified atom stereocenters. The molecule has 0 N–H and O–H groups in total. The van der Waals surface area contributed by atoms with Crippen LogP contribution in [0.4, 0.5) is 5.82 Å². The van der Waals surface area contributed by atoms with Crippen molar-refractivity contribution in [3.63, 3.8) is 0 Å². The summed E-state index contributed by atoms with van der Waals surface area (Å²) in [5, 5.41) is 2.05. The summed E-state index contributed by atoms with van der Waals surface area (Å²) in [6.07, 6.45) is 3.82. The summed E-state index contributed by atoms with van der Waals surface area (Å²) in [7, 11) is 2.04. The SMILES string of the molecule is Cc1cc(N(C)Cc2c(C)nc3sccn23)nc(-c2ccccn2)n1. The Kier molecular flexibility index (Phi) is 3.93. The zero-order valence-electron chi connectivity index (χ0n) is 14.3. The van der Waals surface area contributed by atoms with Gasteiger partial charge < -0.3 is 4.90 Å². The number of aromatic nitrogens is 5. The molecule has 25 heavy (non-hydrogen) atoms. The van der Waals surface area contributed by atoms with Gasteiger partial charge in [-0.1, -0.05) is 6.07 Å². The van der Waals surface area contributed by atoms with Crippen molar-refractivity contribution in [2.75, 3.05) is 11.9 Å². The van der Waals surface area contributed by atoms with Gasteiger partial charge in [-0.3, -0.25) is 9.38 Å². The highest BCUT2D eigenvalue weighted by molar-refractivity contribution is 7.15. The molecule has 4 aromatic heterocycles. The molecule has 4 heterocycles. The number of hydrogen-bond acceptors (Lipinski definition) is 6. The smallest absolute Gasteiger partial charge is 0.194 e. The molecule has 0 fully saturated rings. The molecule has 126 valence electrons. The Morgan fingerprint density at radius 2 is 2.04 bits per heavy atom. The minimum Gasteiger partial charge on any atom is -0.354 e. The highest BCUT2D eigenvalue weighted by atomic mass is 32.1. The van der Waals surface area contributed by atoms with E-state index in [0.717, 1.165) is 34.4 Å². The van der Waals surface area contributed by atoms with E-state index in [1.165, 1.54) is 5.69 Å². The molecule has 0 aliphatic rings. The average molecular weight is 350 g/mol. The Morgan fingerprint density at radius 1 is 1.16 bits per heavy atom. The van der Waals surface area contributed by atoms with Crippen LogP contribution < -0.4 is 4.90 Å².